The molecule has 2 amide bonds. The summed E-state index contributed by atoms with van der Waals surface area (Å²) in [6.45, 7) is 5.43. The van der Waals surface area contributed by atoms with Gasteiger partial charge in [-0.2, -0.15) is 0 Å². The third-order valence-corrected chi connectivity index (χ3v) is 3.08. The third kappa shape index (κ3) is 3.23. The summed E-state index contributed by atoms with van der Waals surface area (Å²) in [5, 5.41) is 5.77. The van der Waals surface area contributed by atoms with Gasteiger partial charge in [0.25, 0.3) is 0 Å². The molecule has 1 unspecified atom stereocenters. The van der Waals surface area contributed by atoms with Crippen molar-refractivity contribution in [1.82, 2.24) is 5.32 Å². The van der Waals surface area contributed by atoms with Gasteiger partial charge < -0.3 is 15.4 Å². The average molecular weight is 248 g/mol. The van der Waals surface area contributed by atoms with E-state index in [2.05, 4.69) is 17.6 Å². The molecule has 0 aromatic heterocycles. The van der Waals surface area contributed by atoms with Gasteiger partial charge in [-0.15, -0.1) is 0 Å². The smallest absolute Gasteiger partial charge is 0.319 e. The number of carbonyl (C=O) groups excluding carboxylic acids is 1. The van der Waals surface area contributed by atoms with Crippen molar-refractivity contribution in [2.75, 3.05) is 5.32 Å². The van der Waals surface area contributed by atoms with Gasteiger partial charge in [0, 0.05) is 11.7 Å². The number of hydrogen-bond acceptors (Lipinski definition) is 2. The van der Waals surface area contributed by atoms with Gasteiger partial charge in [-0.25, -0.2) is 4.79 Å². The Morgan fingerprint density at radius 1 is 1.39 bits per heavy atom. The van der Waals surface area contributed by atoms with Gasteiger partial charge in [0.2, 0.25) is 0 Å². The molecule has 2 rings (SSSR count). The van der Waals surface area contributed by atoms with Gasteiger partial charge >= 0.3 is 6.03 Å². The second-order valence-electron chi connectivity index (χ2n) is 4.76. The first-order chi connectivity index (χ1) is 8.69. The summed E-state index contributed by atoms with van der Waals surface area (Å²) in [5.41, 5.74) is 3.19. The lowest BCUT2D eigenvalue weighted by Crippen LogP contribution is -2.35. The molecule has 4 nitrogen and oxygen atoms in total. The SMILES string of the molecule is CCCC(C)NC(=O)Nc1ccc2c(c1)COC2. The fourth-order valence-electron chi connectivity index (χ4n) is 2.15. The van der Waals surface area contributed by atoms with Gasteiger partial charge in [-0.1, -0.05) is 19.4 Å². The molecule has 18 heavy (non-hydrogen) atoms. The third-order valence-electron chi connectivity index (χ3n) is 3.08. The number of carbonyl (C=O) groups is 1. The second-order valence-corrected chi connectivity index (χ2v) is 4.76. The highest BCUT2D eigenvalue weighted by Crippen LogP contribution is 2.23. The summed E-state index contributed by atoms with van der Waals surface area (Å²) in [4.78, 5) is 11.7. The fourth-order valence-corrected chi connectivity index (χ4v) is 2.15. The van der Waals surface area contributed by atoms with E-state index in [1.54, 1.807) is 0 Å². The Balaban J connectivity index is 1.91. The summed E-state index contributed by atoms with van der Waals surface area (Å²) >= 11 is 0. The van der Waals surface area contributed by atoms with Crippen LogP contribution in [-0.2, 0) is 18.0 Å². The number of hydrogen-bond donors (Lipinski definition) is 2. The van der Waals surface area contributed by atoms with Crippen LogP contribution >= 0.6 is 0 Å². The molecule has 1 heterocycles. The lowest BCUT2D eigenvalue weighted by atomic mass is 10.1. The molecule has 1 aromatic carbocycles. The molecule has 0 aliphatic carbocycles. The molecule has 0 spiro atoms. The Kier molecular flexibility index (Phi) is 4.20. The summed E-state index contributed by atoms with van der Waals surface area (Å²) in [6.07, 6.45) is 2.06. The molecule has 0 saturated heterocycles. The molecule has 0 radical (unpaired) electrons. The molecular weight excluding hydrogens is 228 g/mol. The average Bonchev–Trinajstić information content (AvgIpc) is 2.76. The topological polar surface area (TPSA) is 50.4 Å². The van der Waals surface area contributed by atoms with E-state index in [1.165, 1.54) is 5.56 Å². The van der Waals surface area contributed by atoms with Crippen LogP contribution in [0.4, 0.5) is 10.5 Å². The van der Waals surface area contributed by atoms with Crippen molar-refractivity contribution in [3.05, 3.63) is 29.3 Å². The largest absolute Gasteiger partial charge is 0.372 e. The fraction of sp³-hybridized carbons (Fsp3) is 0.500. The summed E-state index contributed by atoms with van der Waals surface area (Å²) in [5.74, 6) is 0. The Morgan fingerprint density at radius 2 is 2.17 bits per heavy atom. The van der Waals surface area contributed by atoms with E-state index in [4.69, 9.17) is 4.74 Å². The molecular formula is C14H20N2O2. The molecule has 2 N–H and O–H groups in total. The minimum atomic E-state index is -0.144. The quantitative estimate of drug-likeness (QED) is 0.860. The van der Waals surface area contributed by atoms with Crippen molar-refractivity contribution >= 4 is 11.7 Å². The molecule has 1 atom stereocenters. The highest BCUT2D eigenvalue weighted by Gasteiger charge is 2.12. The highest BCUT2D eigenvalue weighted by atomic mass is 16.5. The van der Waals surface area contributed by atoms with Crippen molar-refractivity contribution in [1.29, 1.82) is 0 Å². The first-order valence-corrected chi connectivity index (χ1v) is 6.46. The molecule has 98 valence electrons. The van der Waals surface area contributed by atoms with E-state index >= 15 is 0 Å². The molecule has 1 aliphatic rings. The normalized spacial score (nSPS) is 15.0. The number of anilines is 1. The van der Waals surface area contributed by atoms with Gasteiger partial charge in [0.1, 0.15) is 0 Å². The van der Waals surface area contributed by atoms with Gasteiger partial charge in [0.05, 0.1) is 13.2 Å². The van der Waals surface area contributed by atoms with Crippen LogP contribution in [-0.4, -0.2) is 12.1 Å². The first kappa shape index (κ1) is 12.9. The van der Waals surface area contributed by atoms with Crippen LogP contribution in [0.25, 0.3) is 0 Å². The van der Waals surface area contributed by atoms with Gasteiger partial charge in [-0.05, 0) is 36.6 Å². The Bertz CT molecular complexity index is 432. The summed E-state index contributed by atoms with van der Waals surface area (Å²) < 4.78 is 5.34. The van der Waals surface area contributed by atoms with E-state index in [-0.39, 0.29) is 12.1 Å². The number of benzene rings is 1. The van der Waals surface area contributed by atoms with E-state index in [0.717, 1.165) is 24.1 Å². The summed E-state index contributed by atoms with van der Waals surface area (Å²) in [7, 11) is 0. The highest BCUT2D eigenvalue weighted by molar-refractivity contribution is 5.89. The minimum absolute atomic E-state index is 0.144. The van der Waals surface area contributed by atoms with Crippen LogP contribution < -0.4 is 10.6 Å². The van der Waals surface area contributed by atoms with E-state index in [0.29, 0.717) is 13.2 Å². The zero-order valence-electron chi connectivity index (χ0n) is 11.0. The van der Waals surface area contributed by atoms with Crippen LogP contribution in [0.15, 0.2) is 18.2 Å². The van der Waals surface area contributed by atoms with Crippen molar-refractivity contribution in [3.63, 3.8) is 0 Å². The predicted molar refractivity (Wildman–Crippen MR) is 71.5 cm³/mol. The van der Waals surface area contributed by atoms with Crippen LogP contribution in [0.2, 0.25) is 0 Å². The molecule has 4 heteroatoms. The molecule has 1 aromatic rings. The number of urea groups is 1. The van der Waals surface area contributed by atoms with Gasteiger partial charge in [0.15, 0.2) is 0 Å². The van der Waals surface area contributed by atoms with E-state index in [1.807, 2.05) is 25.1 Å². The maximum Gasteiger partial charge on any atom is 0.319 e. The minimum Gasteiger partial charge on any atom is -0.372 e. The number of rotatable bonds is 4. The van der Waals surface area contributed by atoms with E-state index < -0.39 is 0 Å². The van der Waals surface area contributed by atoms with Gasteiger partial charge in [-0.3, -0.25) is 0 Å². The van der Waals surface area contributed by atoms with Crippen molar-refractivity contribution < 1.29 is 9.53 Å². The van der Waals surface area contributed by atoms with Crippen LogP contribution in [0.1, 0.15) is 37.8 Å². The van der Waals surface area contributed by atoms with Crippen molar-refractivity contribution in [2.45, 2.75) is 45.9 Å². The monoisotopic (exact) mass is 248 g/mol. The Morgan fingerprint density at radius 3 is 2.94 bits per heavy atom. The Labute approximate surface area is 108 Å². The Hall–Kier alpha value is -1.55. The number of amides is 2. The van der Waals surface area contributed by atoms with E-state index in [9.17, 15) is 4.79 Å². The zero-order valence-corrected chi connectivity index (χ0v) is 11.0. The maximum absolute atomic E-state index is 11.7. The number of ether oxygens (including phenoxy) is 1. The molecule has 0 fully saturated rings. The lowest BCUT2D eigenvalue weighted by molar-refractivity contribution is 0.134. The molecule has 0 bridgehead atoms. The zero-order chi connectivity index (χ0) is 13.0. The predicted octanol–water partition coefficient (Wildman–Crippen LogP) is 3.03. The van der Waals surface area contributed by atoms with Crippen molar-refractivity contribution in [3.8, 4) is 0 Å². The molecule has 1 aliphatic heterocycles. The first-order valence-electron chi connectivity index (χ1n) is 6.46. The lowest BCUT2D eigenvalue weighted by Gasteiger charge is -2.14. The summed E-state index contributed by atoms with van der Waals surface area (Å²) in [6, 6.07) is 5.96. The maximum atomic E-state index is 11.7. The standard InChI is InChI=1S/C14H20N2O2/c1-3-4-10(2)15-14(17)16-13-6-5-11-8-18-9-12(11)7-13/h5-7,10H,3-4,8-9H2,1-2H3,(H2,15,16,17). The second kappa shape index (κ2) is 5.87. The van der Waals surface area contributed by atoms with Crippen LogP contribution in [0.3, 0.4) is 0 Å². The van der Waals surface area contributed by atoms with Crippen LogP contribution in [0, 0.1) is 0 Å². The number of nitrogens with one attached hydrogen (secondary N) is 2. The van der Waals surface area contributed by atoms with Crippen LogP contribution in [0.5, 0.6) is 0 Å². The number of fused-ring (bicyclic) bond motifs is 1. The molecule has 0 saturated carbocycles. The van der Waals surface area contributed by atoms with Crippen molar-refractivity contribution in [2.24, 2.45) is 0 Å².